The zero-order valence-electron chi connectivity index (χ0n) is 17.9. The standard InChI is InChI=1S/C25H22N2O6/c1-12-21(25(30)31)22(14-3-2-4-15(7-14)24(26)29)23-17(27-12)8-16(9-18(23)28)13-5-6-19-20(10-13)33-11-32-19/h2-7,10,16,22,27H,8-9,11H2,1H3,(H2,26,29)(H,30,31). The summed E-state index contributed by atoms with van der Waals surface area (Å²) < 4.78 is 10.9. The molecular weight excluding hydrogens is 424 g/mol. The van der Waals surface area contributed by atoms with Crippen molar-refractivity contribution in [2.24, 2.45) is 5.73 Å². The summed E-state index contributed by atoms with van der Waals surface area (Å²) in [5.74, 6) is -1.41. The smallest absolute Gasteiger partial charge is 0.334 e. The summed E-state index contributed by atoms with van der Waals surface area (Å²) in [5, 5.41) is 13.1. The highest BCUT2D eigenvalue weighted by atomic mass is 16.7. The van der Waals surface area contributed by atoms with Gasteiger partial charge in [0, 0.05) is 34.9 Å². The summed E-state index contributed by atoms with van der Waals surface area (Å²) in [4.78, 5) is 37.4. The van der Waals surface area contributed by atoms with Crippen molar-refractivity contribution in [1.82, 2.24) is 5.32 Å². The predicted molar refractivity (Wildman–Crippen MR) is 118 cm³/mol. The zero-order chi connectivity index (χ0) is 23.3. The molecule has 1 aliphatic carbocycles. The van der Waals surface area contributed by atoms with Crippen molar-refractivity contribution in [2.75, 3.05) is 6.79 Å². The fraction of sp³-hybridized carbons (Fsp3) is 0.240. The van der Waals surface area contributed by atoms with Crippen LogP contribution in [0.3, 0.4) is 0 Å². The van der Waals surface area contributed by atoms with Crippen molar-refractivity contribution in [3.63, 3.8) is 0 Å². The lowest BCUT2D eigenvalue weighted by molar-refractivity contribution is -0.133. The molecule has 3 aliphatic rings. The SMILES string of the molecule is CC1=C(C(=O)O)C(c2cccc(C(N)=O)c2)C2=C(CC(c3ccc4c(c3)OCO4)CC2=O)N1. The van der Waals surface area contributed by atoms with Gasteiger partial charge in [-0.25, -0.2) is 4.79 Å². The van der Waals surface area contributed by atoms with E-state index in [1.807, 2.05) is 18.2 Å². The summed E-state index contributed by atoms with van der Waals surface area (Å²) in [6.07, 6.45) is 0.773. The second kappa shape index (κ2) is 7.81. The monoisotopic (exact) mass is 446 g/mol. The van der Waals surface area contributed by atoms with E-state index < -0.39 is 17.8 Å². The van der Waals surface area contributed by atoms with Crippen molar-refractivity contribution in [3.05, 3.63) is 81.7 Å². The van der Waals surface area contributed by atoms with E-state index in [2.05, 4.69) is 5.32 Å². The van der Waals surface area contributed by atoms with Crippen LogP contribution in [0.25, 0.3) is 0 Å². The fourth-order valence-corrected chi connectivity index (χ4v) is 4.93. The number of ether oxygens (including phenoxy) is 2. The first-order chi connectivity index (χ1) is 15.8. The lowest BCUT2D eigenvalue weighted by Crippen LogP contribution is -2.35. The molecule has 8 nitrogen and oxygen atoms in total. The topological polar surface area (TPSA) is 128 Å². The quantitative estimate of drug-likeness (QED) is 0.659. The van der Waals surface area contributed by atoms with Gasteiger partial charge in [-0.15, -0.1) is 0 Å². The second-order valence-electron chi connectivity index (χ2n) is 8.42. The summed E-state index contributed by atoms with van der Waals surface area (Å²) in [5.41, 5.74) is 8.89. The molecule has 0 saturated heterocycles. The van der Waals surface area contributed by atoms with E-state index in [-0.39, 0.29) is 36.1 Å². The predicted octanol–water partition coefficient (Wildman–Crippen LogP) is 2.96. The molecule has 2 atom stereocenters. The average Bonchev–Trinajstić information content (AvgIpc) is 3.25. The number of ketones is 1. The first kappa shape index (κ1) is 20.8. The van der Waals surface area contributed by atoms with Crippen molar-refractivity contribution in [1.29, 1.82) is 0 Å². The molecule has 5 rings (SSSR count). The van der Waals surface area contributed by atoms with Gasteiger partial charge < -0.3 is 25.6 Å². The molecule has 168 valence electrons. The Kier molecular flexibility index (Phi) is 4.92. The number of rotatable bonds is 4. The number of Topliss-reactive ketones (excluding diaryl/α,β-unsaturated/α-hetero) is 1. The number of amides is 1. The van der Waals surface area contributed by atoms with Crippen LogP contribution in [-0.2, 0) is 9.59 Å². The van der Waals surface area contributed by atoms with E-state index >= 15 is 0 Å². The maximum atomic E-state index is 13.5. The number of fused-ring (bicyclic) bond motifs is 1. The maximum Gasteiger partial charge on any atom is 0.334 e. The third-order valence-corrected chi connectivity index (χ3v) is 6.43. The summed E-state index contributed by atoms with van der Waals surface area (Å²) >= 11 is 0. The number of nitrogens with two attached hydrogens (primary N) is 1. The number of allylic oxidation sites excluding steroid dienone is 3. The molecule has 0 radical (unpaired) electrons. The number of dihydropyridines is 1. The van der Waals surface area contributed by atoms with Crippen LogP contribution in [0, 0.1) is 0 Å². The van der Waals surface area contributed by atoms with Gasteiger partial charge in [-0.1, -0.05) is 18.2 Å². The first-order valence-corrected chi connectivity index (χ1v) is 10.6. The van der Waals surface area contributed by atoms with Crippen LogP contribution < -0.4 is 20.5 Å². The molecule has 0 fully saturated rings. The molecular formula is C25H22N2O6. The van der Waals surface area contributed by atoms with Gasteiger partial charge in [0.2, 0.25) is 12.7 Å². The van der Waals surface area contributed by atoms with Crippen LogP contribution in [0.15, 0.2) is 65.0 Å². The number of carboxylic acid groups (broad SMARTS) is 1. The number of hydrogen-bond acceptors (Lipinski definition) is 6. The van der Waals surface area contributed by atoms with Gasteiger partial charge in [0.15, 0.2) is 17.3 Å². The van der Waals surface area contributed by atoms with Gasteiger partial charge in [-0.2, -0.15) is 0 Å². The minimum Gasteiger partial charge on any atom is -0.478 e. The molecule has 2 aliphatic heterocycles. The molecule has 1 amide bonds. The normalized spacial score (nSPS) is 21.5. The van der Waals surface area contributed by atoms with E-state index in [1.54, 1.807) is 31.2 Å². The third-order valence-electron chi connectivity index (χ3n) is 6.43. The minimum atomic E-state index is -1.12. The summed E-state index contributed by atoms with van der Waals surface area (Å²) in [6.45, 7) is 1.86. The molecule has 0 bridgehead atoms. The molecule has 0 aromatic heterocycles. The van der Waals surface area contributed by atoms with Crippen molar-refractivity contribution >= 4 is 17.7 Å². The number of carboxylic acids is 1. The van der Waals surface area contributed by atoms with Crippen molar-refractivity contribution in [2.45, 2.75) is 31.6 Å². The van der Waals surface area contributed by atoms with E-state index in [0.717, 1.165) is 5.56 Å². The Morgan fingerprint density at radius 3 is 2.61 bits per heavy atom. The molecule has 33 heavy (non-hydrogen) atoms. The Morgan fingerprint density at radius 2 is 1.85 bits per heavy atom. The molecule has 2 unspecified atom stereocenters. The van der Waals surface area contributed by atoms with Crippen molar-refractivity contribution in [3.8, 4) is 11.5 Å². The van der Waals surface area contributed by atoms with E-state index in [4.69, 9.17) is 15.2 Å². The zero-order valence-corrected chi connectivity index (χ0v) is 17.9. The molecule has 2 heterocycles. The Hall–Kier alpha value is -4.07. The Bertz CT molecular complexity index is 1280. The van der Waals surface area contributed by atoms with Crippen molar-refractivity contribution < 1.29 is 29.0 Å². The molecule has 2 aromatic carbocycles. The van der Waals surface area contributed by atoms with E-state index in [0.29, 0.717) is 40.5 Å². The number of benzene rings is 2. The lowest BCUT2D eigenvalue weighted by atomic mass is 9.71. The number of nitrogens with one attached hydrogen (secondary N) is 1. The summed E-state index contributed by atoms with van der Waals surface area (Å²) in [7, 11) is 0. The second-order valence-corrected chi connectivity index (χ2v) is 8.42. The molecule has 0 spiro atoms. The van der Waals surface area contributed by atoms with Crippen LogP contribution in [0.5, 0.6) is 11.5 Å². The van der Waals surface area contributed by atoms with Crippen LogP contribution in [0.1, 0.15) is 53.1 Å². The lowest BCUT2D eigenvalue weighted by Gasteiger charge is -2.36. The molecule has 2 aromatic rings. The number of primary amides is 1. The maximum absolute atomic E-state index is 13.5. The third kappa shape index (κ3) is 3.53. The first-order valence-electron chi connectivity index (χ1n) is 10.6. The van der Waals surface area contributed by atoms with E-state index in [1.165, 1.54) is 0 Å². The van der Waals surface area contributed by atoms with Gasteiger partial charge in [0.25, 0.3) is 0 Å². The number of carbonyl (C=O) groups excluding carboxylic acids is 2. The number of hydrogen-bond donors (Lipinski definition) is 3. The van der Waals surface area contributed by atoms with Crippen LogP contribution in [-0.4, -0.2) is 29.6 Å². The number of aliphatic carboxylic acids is 1. The Balaban J connectivity index is 1.57. The van der Waals surface area contributed by atoms with E-state index in [9.17, 15) is 19.5 Å². The van der Waals surface area contributed by atoms with Crippen LogP contribution >= 0.6 is 0 Å². The van der Waals surface area contributed by atoms with Crippen LogP contribution in [0.2, 0.25) is 0 Å². The minimum absolute atomic E-state index is 0.0879. The van der Waals surface area contributed by atoms with Gasteiger partial charge >= 0.3 is 5.97 Å². The number of carbonyl (C=O) groups is 3. The largest absolute Gasteiger partial charge is 0.478 e. The van der Waals surface area contributed by atoms with Gasteiger partial charge in [0.05, 0.1) is 5.57 Å². The van der Waals surface area contributed by atoms with Gasteiger partial charge in [0.1, 0.15) is 0 Å². The Labute approximate surface area is 189 Å². The van der Waals surface area contributed by atoms with Crippen LogP contribution in [0.4, 0.5) is 0 Å². The molecule has 4 N–H and O–H groups in total. The fourth-order valence-electron chi connectivity index (χ4n) is 4.93. The highest BCUT2D eigenvalue weighted by Gasteiger charge is 2.41. The molecule has 0 saturated carbocycles. The Morgan fingerprint density at radius 1 is 1.06 bits per heavy atom. The highest BCUT2D eigenvalue weighted by molar-refractivity contribution is 6.04. The average molecular weight is 446 g/mol. The molecule has 8 heteroatoms. The highest BCUT2D eigenvalue weighted by Crippen LogP contribution is 2.46. The van der Waals surface area contributed by atoms with Gasteiger partial charge in [-0.05, 0) is 54.7 Å². The van der Waals surface area contributed by atoms with Gasteiger partial charge in [-0.3, -0.25) is 9.59 Å². The summed E-state index contributed by atoms with van der Waals surface area (Å²) in [6, 6.07) is 12.2.